The molecular formula is C14H16F4N2. The summed E-state index contributed by atoms with van der Waals surface area (Å²) in [5, 5.41) is 0. The second-order valence-corrected chi connectivity index (χ2v) is 5.86. The van der Waals surface area contributed by atoms with Gasteiger partial charge in [0.05, 0.1) is 0 Å². The number of hydrogen-bond acceptors (Lipinski definition) is 2. The van der Waals surface area contributed by atoms with E-state index in [0.717, 1.165) is 25.7 Å². The molecule has 1 saturated carbocycles. The number of anilines is 1. The average Bonchev–Trinajstić information content (AvgIpc) is 2.88. The van der Waals surface area contributed by atoms with Gasteiger partial charge in [-0.05, 0) is 31.1 Å². The molecule has 2 aliphatic rings. The standard InChI is InChI=1S/C14H16F4N2/c15-9-11(10(16)13(18)19-12(9)17)20-7-5-14(6-8-20)3-1-2-4-14/h1-8H2. The van der Waals surface area contributed by atoms with Gasteiger partial charge in [-0.1, -0.05) is 12.8 Å². The Bertz CT molecular complexity index is 490. The smallest absolute Gasteiger partial charge is 0.253 e. The fourth-order valence-electron chi connectivity index (χ4n) is 3.58. The SMILES string of the molecule is Fc1nc(F)c(F)c(N2CCC3(CCCC3)CC2)c1F. The highest BCUT2D eigenvalue weighted by Crippen LogP contribution is 2.47. The van der Waals surface area contributed by atoms with Crippen molar-refractivity contribution in [1.29, 1.82) is 0 Å². The molecule has 0 atom stereocenters. The van der Waals surface area contributed by atoms with E-state index in [1.807, 2.05) is 0 Å². The van der Waals surface area contributed by atoms with Gasteiger partial charge >= 0.3 is 0 Å². The quantitative estimate of drug-likeness (QED) is 0.577. The Labute approximate surface area is 114 Å². The molecular weight excluding hydrogens is 272 g/mol. The predicted octanol–water partition coefficient (Wildman–Crippen LogP) is 3.80. The van der Waals surface area contributed by atoms with E-state index in [0.29, 0.717) is 13.1 Å². The third-order valence-electron chi connectivity index (χ3n) is 4.78. The first kappa shape index (κ1) is 13.6. The van der Waals surface area contributed by atoms with E-state index in [1.54, 1.807) is 0 Å². The summed E-state index contributed by atoms with van der Waals surface area (Å²) in [6, 6.07) is 0. The number of hydrogen-bond donors (Lipinski definition) is 0. The van der Waals surface area contributed by atoms with E-state index in [9.17, 15) is 17.6 Å². The molecule has 1 saturated heterocycles. The number of nitrogens with zero attached hydrogens (tertiary/aromatic N) is 2. The Balaban J connectivity index is 1.85. The Morgan fingerprint density at radius 3 is 1.80 bits per heavy atom. The van der Waals surface area contributed by atoms with Crippen LogP contribution in [0.2, 0.25) is 0 Å². The molecule has 1 spiro atoms. The highest BCUT2D eigenvalue weighted by Gasteiger charge is 2.38. The minimum atomic E-state index is -1.58. The zero-order valence-corrected chi connectivity index (χ0v) is 11.1. The van der Waals surface area contributed by atoms with Gasteiger partial charge in [0, 0.05) is 13.1 Å². The highest BCUT2D eigenvalue weighted by atomic mass is 19.2. The van der Waals surface area contributed by atoms with Gasteiger partial charge < -0.3 is 4.90 Å². The number of aromatic nitrogens is 1. The lowest BCUT2D eigenvalue weighted by atomic mass is 9.77. The van der Waals surface area contributed by atoms with Crippen LogP contribution in [0, 0.1) is 28.9 Å². The Hall–Kier alpha value is -1.33. The van der Waals surface area contributed by atoms with E-state index in [4.69, 9.17) is 0 Å². The fraction of sp³-hybridized carbons (Fsp3) is 0.643. The Morgan fingerprint density at radius 2 is 1.30 bits per heavy atom. The molecule has 0 amide bonds. The van der Waals surface area contributed by atoms with Crippen LogP contribution < -0.4 is 4.90 Å². The number of halogens is 4. The van der Waals surface area contributed by atoms with Gasteiger partial charge in [0.2, 0.25) is 11.6 Å². The molecule has 0 aromatic carbocycles. The summed E-state index contributed by atoms with van der Waals surface area (Å²) in [5.41, 5.74) is -0.337. The average molecular weight is 288 g/mol. The number of piperidine rings is 1. The summed E-state index contributed by atoms with van der Waals surface area (Å²) in [7, 11) is 0. The molecule has 6 heteroatoms. The molecule has 2 heterocycles. The van der Waals surface area contributed by atoms with Crippen molar-refractivity contribution in [1.82, 2.24) is 4.98 Å². The molecule has 0 N–H and O–H groups in total. The minimum absolute atomic E-state index is 0.271. The molecule has 1 aromatic heterocycles. The topological polar surface area (TPSA) is 16.1 Å². The maximum Gasteiger partial charge on any atom is 0.253 e. The molecule has 0 bridgehead atoms. The maximum atomic E-state index is 13.7. The maximum absolute atomic E-state index is 13.7. The van der Waals surface area contributed by atoms with Gasteiger partial charge in [0.1, 0.15) is 5.69 Å². The largest absolute Gasteiger partial charge is 0.366 e. The fourth-order valence-corrected chi connectivity index (χ4v) is 3.58. The second-order valence-electron chi connectivity index (χ2n) is 5.86. The van der Waals surface area contributed by atoms with Crippen molar-refractivity contribution in [3.8, 4) is 0 Å². The van der Waals surface area contributed by atoms with Crippen LogP contribution >= 0.6 is 0 Å². The third kappa shape index (κ3) is 2.15. The van der Waals surface area contributed by atoms with Crippen LogP contribution in [-0.2, 0) is 0 Å². The first-order valence-corrected chi connectivity index (χ1v) is 6.97. The molecule has 1 aliphatic carbocycles. The summed E-state index contributed by atoms with van der Waals surface area (Å²) < 4.78 is 53.7. The minimum Gasteiger partial charge on any atom is -0.366 e. The van der Waals surface area contributed by atoms with Crippen LogP contribution in [0.3, 0.4) is 0 Å². The van der Waals surface area contributed by atoms with Gasteiger partial charge in [0.15, 0.2) is 0 Å². The lowest BCUT2D eigenvalue weighted by Crippen LogP contribution is -2.40. The summed E-state index contributed by atoms with van der Waals surface area (Å²) in [5.74, 6) is -5.96. The number of pyridine rings is 1. The van der Waals surface area contributed by atoms with Crippen molar-refractivity contribution in [3.63, 3.8) is 0 Å². The van der Waals surface area contributed by atoms with E-state index in [1.165, 1.54) is 17.7 Å². The Kier molecular flexibility index (Phi) is 3.34. The van der Waals surface area contributed by atoms with E-state index in [2.05, 4.69) is 4.98 Å². The van der Waals surface area contributed by atoms with Crippen molar-refractivity contribution in [2.45, 2.75) is 38.5 Å². The van der Waals surface area contributed by atoms with Crippen LogP contribution in [-0.4, -0.2) is 18.1 Å². The molecule has 1 aliphatic heterocycles. The summed E-state index contributed by atoms with van der Waals surface area (Å²) in [4.78, 5) is 3.99. The van der Waals surface area contributed by atoms with Crippen LogP contribution in [0.25, 0.3) is 0 Å². The molecule has 3 rings (SSSR count). The third-order valence-corrected chi connectivity index (χ3v) is 4.78. The predicted molar refractivity (Wildman–Crippen MR) is 66.4 cm³/mol. The van der Waals surface area contributed by atoms with Crippen LogP contribution in [0.4, 0.5) is 23.2 Å². The molecule has 0 unspecified atom stereocenters. The summed E-state index contributed by atoms with van der Waals surface area (Å²) in [6.07, 6.45) is 6.31. The van der Waals surface area contributed by atoms with Crippen molar-refractivity contribution in [3.05, 3.63) is 23.5 Å². The summed E-state index contributed by atoms with van der Waals surface area (Å²) in [6.45, 7) is 0.855. The van der Waals surface area contributed by atoms with Crippen LogP contribution in [0.5, 0.6) is 0 Å². The van der Waals surface area contributed by atoms with E-state index < -0.39 is 29.2 Å². The molecule has 0 radical (unpaired) electrons. The van der Waals surface area contributed by atoms with Crippen molar-refractivity contribution in [2.24, 2.45) is 5.41 Å². The highest BCUT2D eigenvalue weighted by molar-refractivity contribution is 5.49. The zero-order chi connectivity index (χ0) is 14.3. The van der Waals surface area contributed by atoms with Gasteiger partial charge in [-0.25, -0.2) is 0 Å². The van der Waals surface area contributed by atoms with Gasteiger partial charge in [0.25, 0.3) is 11.9 Å². The van der Waals surface area contributed by atoms with Gasteiger partial charge in [-0.15, -0.1) is 0 Å². The molecule has 110 valence electrons. The van der Waals surface area contributed by atoms with Crippen LogP contribution in [0.15, 0.2) is 0 Å². The van der Waals surface area contributed by atoms with E-state index >= 15 is 0 Å². The van der Waals surface area contributed by atoms with Crippen molar-refractivity contribution in [2.75, 3.05) is 18.0 Å². The first-order valence-electron chi connectivity index (χ1n) is 6.97. The zero-order valence-electron chi connectivity index (χ0n) is 11.1. The molecule has 20 heavy (non-hydrogen) atoms. The van der Waals surface area contributed by atoms with Gasteiger partial charge in [-0.3, -0.25) is 0 Å². The van der Waals surface area contributed by atoms with E-state index in [-0.39, 0.29) is 5.41 Å². The van der Waals surface area contributed by atoms with Gasteiger partial charge in [-0.2, -0.15) is 22.5 Å². The lowest BCUT2D eigenvalue weighted by Gasteiger charge is -2.40. The summed E-state index contributed by atoms with van der Waals surface area (Å²) >= 11 is 0. The molecule has 2 fully saturated rings. The lowest BCUT2D eigenvalue weighted by molar-refractivity contribution is 0.224. The first-order chi connectivity index (χ1) is 9.52. The monoisotopic (exact) mass is 288 g/mol. The van der Waals surface area contributed by atoms with Crippen LogP contribution in [0.1, 0.15) is 38.5 Å². The van der Waals surface area contributed by atoms with Crippen molar-refractivity contribution < 1.29 is 17.6 Å². The normalized spacial score (nSPS) is 21.7. The second kappa shape index (κ2) is 4.90. The number of rotatable bonds is 1. The molecule has 2 nitrogen and oxygen atoms in total. The Morgan fingerprint density at radius 1 is 0.800 bits per heavy atom. The molecule has 1 aromatic rings. The van der Waals surface area contributed by atoms with Crippen molar-refractivity contribution >= 4 is 5.69 Å².